The molecule has 3 heteroatoms. The Morgan fingerprint density at radius 2 is 1.90 bits per heavy atom. The van der Waals surface area contributed by atoms with E-state index in [9.17, 15) is 4.79 Å². The lowest BCUT2D eigenvalue weighted by Gasteiger charge is -2.15. The van der Waals surface area contributed by atoms with Gasteiger partial charge in [-0.1, -0.05) is 36.8 Å². The predicted octanol–water partition coefficient (Wildman–Crippen LogP) is 3.96. The number of nitrogens with one attached hydrogen (secondary N) is 1. The molecule has 0 saturated carbocycles. The maximum absolute atomic E-state index is 12.1. The molecule has 0 aliphatic heterocycles. The summed E-state index contributed by atoms with van der Waals surface area (Å²) in [7, 11) is 0. The molecule has 0 fully saturated rings. The van der Waals surface area contributed by atoms with Crippen LogP contribution in [0.25, 0.3) is 0 Å². The van der Waals surface area contributed by atoms with Gasteiger partial charge in [0.25, 0.3) is 5.91 Å². The van der Waals surface area contributed by atoms with Crippen LogP contribution in [0.2, 0.25) is 0 Å². The largest absolute Gasteiger partial charge is 0.481 e. The fourth-order valence-corrected chi connectivity index (χ4v) is 1.98. The van der Waals surface area contributed by atoms with E-state index in [1.165, 1.54) is 5.56 Å². The highest BCUT2D eigenvalue weighted by Crippen LogP contribution is 2.16. The van der Waals surface area contributed by atoms with E-state index >= 15 is 0 Å². The third kappa shape index (κ3) is 4.35. The molecule has 1 atom stereocenters. The lowest BCUT2D eigenvalue weighted by Crippen LogP contribution is -2.30. The Balaban J connectivity index is 1.97. The van der Waals surface area contributed by atoms with E-state index in [2.05, 4.69) is 12.2 Å². The van der Waals surface area contributed by atoms with E-state index in [1.54, 1.807) is 6.92 Å². The van der Waals surface area contributed by atoms with Crippen molar-refractivity contribution in [2.75, 3.05) is 5.32 Å². The van der Waals surface area contributed by atoms with Gasteiger partial charge in [0.15, 0.2) is 6.10 Å². The Morgan fingerprint density at radius 3 is 2.57 bits per heavy atom. The number of aryl methyl sites for hydroxylation is 2. The second-order valence-electron chi connectivity index (χ2n) is 5.12. The van der Waals surface area contributed by atoms with Crippen LogP contribution in [-0.4, -0.2) is 12.0 Å². The van der Waals surface area contributed by atoms with Crippen LogP contribution >= 0.6 is 0 Å². The van der Waals surface area contributed by atoms with E-state index in [0.29, 0.717) is 0 Å². The first kappa shape index (κ1) is 15.1. The normalized spacial score (nSPS) is 11.8. The summed E-state index contributed by atoms with van der Waals surface area (Å²) in [6.07, 6.45) is 0.402. The minimum absolute atomic E-state index is 0.152. The van der Waals surface area contributed by atoms with Crippen LogP contribution < -0.4 is 10.1 Å². The number of anilines is 1. The number of benzene rings is 2. The Labute approximate surface area is 126 Å². The van der Waals surface area contributed by atoms with Gasteiger partial charge >= 0.3 is 0 Å². The van der Waals surface area contributed by atoms with Crippen molar-refractivity contribution in [3.05, 3.63) is 59.7 Å². The van der Waals surface area contributed by atoms with Crippen LogP contribution in [0, 0.1) is 6.92 Å². The maximum atomic E-state index is 12.1. The van der Waals surface area contributed by atoms with Gasteiger partial charge < -0.3 is 10.1 Å². The molecule has 21 heavy (non-hydrogen) atoms. The zero-order valence-electron chi connectivity index (χ0n) is 12.7. The molecule has 0 bridgehead atoms. The van der Waals surface area contributed by atoms with E-state index in [4.69, 9.17) is 4.74 Å². The minimum Gasteiger partial charge on any atom is -0.481 e. The fourth-order valence-electron chi connectivity index (χ4n) is 1.98. The van der Waals surface area contributed by atoms with E-state index in [-0.39, 0.29) is 5.91 Å². The van der Waals surface area contributed by atoms with E-state index in [1.807, 2.05) is 55.5 Å². The average Bonchev–Trinajstić information content (AvgIpc) is 2.49. The highest BCUT2D eigenvalue weighted by Gasteiger charge is 2.14. The first-order chi connectivity index (χ1) is 10.1. The van der Waals surface area contributed by atoms with Crippen molar-refractivity contribution < 1.29 is 9.53 Å². The lowest BCUT2D eigenvalue weighted by molar-refractivity contribution is -0.122. The summed E-state index contributed by atoms with van der Waals surface area (Å²) < 4.78 is 5.70. The Bertz CT molecular complexity index is 605. The van der Waals surface area contributed by atoms with Crippen molar-refractivity contribution in [2.45, 2.75) is 33.3 Å². The highest BCUT2D eigenvalue weighted by atomic mass is 16.5. The second-order valence-corrected chi connectivity index (χ2v) is 5.12. The predicted molar refractivity (Wildman–Crippen MR) is 85.7 cm³/mol. The van der Waals surface area contributed by atoms with Gasteiger partial charge in [0.2, 0.25) is 0 Å². The summed E-state index contributed by atoms with van der Waals surface area (Å²) >= 11 is 0. The van der Waals surface area contributed by atoms with Gasteiger partial charge in [-0.15, -0.1) is 0 Å². The first-order valence-corrected chi connectivity index (χ1v) is 7.21. The van der Waals surface area contributed by atoms with E-state index < -0.39 is 6.10 Å². The van der Waals surface area contributed by atoms with Crippen molar-refractivity contribution in [2.24, 2.45) is 0 Å². The monoisotopic (exact) mass is 283 g/mol. The number of hydrogen-bond acceptors (Lipinski definition) is 2. The first-order valence-electron chi connectivity index (χ1n) is 7.21. The number of carbonyl (C=O) groups excluding carboxylic acids is 1. The average molecular weight is 283 g/mol. The molecule has 0 aliphatic carbocycles. The zero-order chi connectivity index (χ0) is 15.2. The van der Waals surface area contributed by atoms with Gasteiger partial charge in [-0.3, -0.25) is 4.79 Å². The second kappa shape index (κ2) is 6.93. The summed E-state index contributed by atoms with van der Waals surface area (Å²) in [4.78, 5) is 12.1. The molecule has 2 rings (SSSR count). The molecule has 0 radical (unpaired) electrons. The van der Waals surface area contributed by atoms with Gasteiger partial charge in [-0.25, -0.2) is 0 Å². The summed E-state index contributed by atoms with van der Waals surface area (Å²) in [5.74, 6) is 0.571. The smallest absolute Gasteiger partial charge is 0.265 e. The molecule has 0 saturated heterocycles. The molecule has 0 heterocycles. The third-order valence-corrected chi connectivity index (χ3v) is 3.31. The maximum Gasteiger partial charge on any atom is 0.265 e. The summed E-state index contributed by atoms with van der Waals surface area (Å²) in [6.45, 7) is 5.85. The zero-order valence-corrected chi connectivity index (χ0v) is 12.7. The van der Waals surface area contributed by atoms with Crippen LogP contribution in [0.4, 0.5) is 5.69 Å². The van der Waals surface area contributed by atoms with Crippen LogP contribution in [-0.2, 0) is 11.2 Å². The Hall–Kier alpha value is -2.29. The molecule has 0 aromatic heterocycles. The van der Waals surface area contributed by atoms with Gasteiger partial charge in [0, 0.05) is 5.69 Å². The van der Waals surface area contributed by atoms with Crippen LogP contribution in [0.5, 0.6) is 5.75 Å². The molecule has 0 spiro atoms. The molecule has 1 amide bonds. The van der Waals surface area contributed by atoms with Gasteiger partial charge in [0.1, 0.15) is 5.75 Å². The lowest BCUT2D eigenvalue weighted by atomic mass is 10.2. The van der Waals surface area contributed by atoms with Crippen molar-refractivity contribution in [1.29, 1.82) is 0 Å². The fraction of sp³-hybridized carbons (Fsp3) is 0.278. The van der Waals surface area contributed by atoms with Crippen LogP contribution in [0.3, 0.4) is 0 Å². The molecular weight excluding hydrogens is 262 g/mol. The molecule has 3 nitrogen and oxygen atoms in total. The van der Waals surface area contributed by atoms with Crippen molar-refractivity contribution in [1.82, 2.24) is 0 Å². The summed E-state index contributed by atoms with van der Waals surface area (Å²) in [5, 5.41) is 2.85. The Kier molecular flexibility index (Phi) is 4.99. The number of ether oxygens (including phenoxy) is 1. The quantitative estimate of drug-likeness (QED) is 0.902. The number of hydrogen-bond donors (Lipinski definition) is 1. The van der Waals surface area contributed by atoms with Crippen molar-refractivity contribution in [3.63, 3.8) is 0 Å². The standard InChI is InChI=1S/C18H21NO2/c1-4-15-6-5-7-17(12-15)21-14(3)18(20)19-16-10-8-13(2)9-11-16/h5-12,14H,4H2,1-3H3,(H,19,20). The van der Waals surface area contributed by atoms with Gasteiger partial charge in [0.05, 0.1) is 0 Å². The Morgan fingerprint density at radius 1 is 1.19 bits per heavy atom. The SMILES string of the molecule is CCc1cccc(OC(C)C(=O)Nc2ccc(C)cc2)c1. The molecule has 2 aromatic carbocycles. The molecular formula is C18H21NO2. The van der Waals surface area contributed by atoms with Crippen LogP contribution in [0.1, 0.15) is 25.0 Å². The molecule has 2 aromatic rings. The molecule has 1 N–H and O–H groups in total. The minimum atomic E-state index is -0.543. The van der Waals surface area contributed by atoms with Crippen LogP contribution in [0.15, 0.2) is 48.5 Å². The number of rotatable bonds is 5. The number of carbonyl (C=O) groups is 1. The van der Waals surface area contributed by atoms with Crippen molar-refractivity contribution >= 4 is 11.6 Å². The molecule has 1 unspecified atom stereocenters. The number of amides is 1. The molecule has 110 valence electrons. The highest BCUT2D eigenvalue weighted by molar-refractivity contribution is 5.94. The summed E-state index contributed by atoms with van der Waals surface area (Å²) in [6, 6.07) is 15.5. The third-order valence-electron chi connectivity index (χ3n) is 3.31. The van der Waals surface area contributed by atoms with E-state index in [0.717, 1.165) is 23.4 Å². The topological polar surface area (TPSA) is 38.3 Å². The van der Waals surface area contributed by atoms with Gasteiger partial charge in [-0.2, -0.15) is 0 Å². The van der Waals surface area contributed by atoms with Crippen molar-refractivity contribution in [3.8, 4) is 5.75 Å². The summed E-state index contributed by atoms with van der Waals surface area (Å²) in [5.41, 5.74) is 3.13. The molecule has 0 aliphatic rings. The van der Waals surface area contributed by atoms with Gasteiger partial charge in [-0.05, 0) is 50.1 Å².